The van der Waals surface area contributed by atoms with E-state index in [2.05, 4.69) is 33.1 Å². The van der Waals surface area contributed by atoms with Gasteiger partial charge in [0.1, 0.15) is 5.75 Å². The van der Waals surface area contributed by atoms with Crippen molar-refractivity contribution in [3.8, 4) is 5.75 Å². The number of rotatable bonds is 3. The van der Waals surface area contributed by atoms with Gasteiger partial charge in [0.05, 0.1) is 0 Å². The number of nitrogens with one attached hydrogen (secondary N) is 1. The highest BCUT2D eigenvalue weighted by Crippen LogP contribution is 2.33. The minimum atomic E-state index is 0. The lowest BCUT2D eigenvalue weighted by atomic mass is 10.0. The average Bonchev–Trinajstić information content (AvgIpc) is 2.36. The van der Waals surface area contributed by atoms with Crippen molar-refractivity contribution in [2.75, 3.05) is 26.2 Å². The highest BCUT2D eigenvalue weighted by atomic mass is 79.9. The summed E-state index contributed by atoms with van der Waals surface area (Å²) < 4.78 is 1.03. The molecule has 1 atom stereocenters. The largest absolute Gasteiger partial charge is 0.508 e. The van der Waals surface area contributed by atoms with Crippen LogP contribution >= 0.6 is 40.7 Å². The van der Waals surface area contributed by atoms with Crippen LogP contribution in [0.1, 0.15) is 24.9 Å². The third kappa shape index (κ3) is 4.80. The molecule has 0 unspecified atom stereocenters. The van der Waals surface area contributed by atoms with E-state index in [1.165, 1.54) is 0 Å². The second-order valence-corrected chi connectivity index (χ2v) is 5.33. The summed E-state index contributed by atoms with van der Waals surface area (Å²) in [5, 5.41) is 13.4. The molecule has 110 valence electrons. The van der Waals surface area contributed by atoms with Crippen LogP contribution in [0.15, 0.2) is 22.7 Å². The Kier molecular flexibility index (Phi) is 9.03. The van der Waals surface area contributed by atoms with Crippen molar-refractivity contribution >= 4 is 40.7 Å². The molecular weight excluding hydrogens is 351 g/mol. The molecule has 0 aliphatic carbocycles. The molecule has 0 saturated carbocycles. The third-order valence-corrected chi connectivity index (χ3v) is 3.82. The van der Waals surface area contributed by atoms with Crippen molar-refractivity contribution in [3.05, 3.63) is 28.2 Å². The van der Waals surface area contributed by atoms with Gasteiger partial charge in [-0.25, -0.2) is 0 Å². The number of hydrogen-bond acceptors (Lipinski definition) is 3. The van der Waals surface area contributed by atoms with E-state index in [1.807, 2.05) is 12.1 Å². The Labute approximate surface area is 135 Å². The topological polar surface area (TPSA) is 35.5 Å². The van der Waals surface area contributed by atoms with Crippen LogP contribution < -0.4 is 5.32 Å². The lowest BCUT2D eigenvalue weighted by Crippen LogP contribution is -2.45. The normalized spacial score (nSPS) is 17.2. The van der Waals surface area contributed by atoms with Crippen LogP contribution in [0.25, 0.3) is 0 Å². The number of aromatic hydroxyl groups is 1. The predicted molar refractivity (Wildman–Crippen MR) is 87.8 cm³/mol. The number of phenolic OH excluding ortho intramolecular Hbond substituents is 1. The number of nitrogens with zero attached hydrogens (tertiary/aromatic N) is 1. The molecule has 1 aromatic carbocycles. The van der Waals surface area contributed by atoms with E-state index in [4.69, 9.17) is 0 Å². The Bertz CT molecular complexity index is 387. The summed E-state index contributed by atoms with van der Waals surface area (Å²) in [5.74, 6) is 0.401. The fourth-order valence-corrected chi connectivity index (χ4v) is 2.84. The third-order valence-electron chi connectivity index (χ3n) is 3.33. The maximum absolute atomic E-state index is 10.0. The molecule has 1 aliphatic rings. The molecule has 0 radical (unpaired) electrons. The summed E-state index contributed by atoms with van der Waals surface area (Å²) in [5.41, 5.74) is 1.03. The van der Waals surface area contributed by atoms with Gasteiger partial charge in [0.25, 0.3) is 0 Å². The monoisotopic (exact) mass is 370 g/mol. The Morgan fingerprint density at radius 3 is 2.53 bits per heavy atom. The fraction of sp³-hybridized carbons (Fsp3) is 0.538. The van der Waals surface area contributed by atoms with Gasteiger partial charge in [-0.2, -0.15) is 0 Å². The number of piperazine rings is 1. The van der Waals surface area contributed by atoms with Crippen molar-refractivity contribution in [2.24, 2.45) is 0 Å². The molecule has 6 heteroatoms. The molecule has 0 spiro atoms. The molecular formula is C13H21BrCl2N2O. The number of hydrogen-bond donors (Lipinski definition) is 2. The maximum atomic E-state index is 10.0. The van der Waals surface area contributed by atoms with Crippen molar-refractivity contribution in [1.29, 1.82) is 0 Å². The summed E-state index contributed by atoms with van der Waals surface area (Å²) in [6.07, 6.45) is 1.02. The average molecular weight is 372 g/mol. The Balaban J connectivity index is 0.00000162. The zero-order valence-corrected chi connectivity index (χ0v) is 14.2. The van der Waals surface area contributed by atoms with Gasteiger partial charge in [0.2, 0.25) is 0 Å². The van der Waals surface area contributed by atoms with E-state index in [-0.39, 0.29) is 24.8 Å². The van der Waals surface area contributed by atoms with Crippen LogP contribution in [-0.4, -0.2) is 36.2 Å². The van der Waals surface area contributed by atoms with Crippen LogP contribution in [0, 0.1) is 0 Å². The smallest absolute Gasteiger partial charge is 0.120 e. The summed E-state index contributed by atoms with van der Waals surface area (Å²) >= 11 is 3.48. The molecule has 1 saturated heterocycles. The molecule has 1 aliphatic heterocycles. The Hall–Kier alpha value is -0.000000000000000111. The second-order valence-electron chi connectivity index (χ2n) is 4.41. The van der Waals surface area contributed by atoms with Gasteiger partial charge in [-0.05, 0) is 24.6 Å². The Morgan fingerprint density at radius 2 is 1.95 bits per heavy atom. The molecule has 2 rings (SSSR count). The maximum Gasteiger partial charge on any atom is 0.120 e. The van der Waals surface area contributed by atoms with Gasteiger partial charge in [0.15, 0.2) is 0 Å². The summed E-state index contributed by atoms with van der Waals surface area (Å²) in [6, 6.07) is 5.99. The van der Waals surface area contributed by atoms with Crippen LogP contribution in [0.3, 0.4) is 0 Å². The molecule has 1 fully saturated rings. The van der Waals surface area contributed by atoms with E-state index >= 15 is 0 Å². The molecule has 0 bridgehead atoms. The zero-order chi connectivity index (χ0) is 12.3. The highest BCUT2D eigenvalue weighted by Gasteiger charge is 2.22. The lowest BCUT2D eigenvalue weighted by Gasteiger charge is -2.35. The first-order valence-electron chi connectivity index (χ1n) is 6.15. The van der Waals surface area contributed by atoms with Gasteiger partial charge < -0.3 is 10.4 Å². The minimum Gasteiger partial charge on any atom is -0.508 e. The quantitative estimate of drug-likeness (QED) is 0.855. The van der Waals surface area contributed by atoms with Gasteiger partial charge in [0, 0.05) is 42.3 Å². The standard InChI is InChI=1S/C13H19BrN2O.2ClH/c1-2-12(16-7-5-15-6-8-16)11-9-10(14)3-4-13(11)17;;/h3-4,9,12,15,17H,2,5-8H2,1H3;2*1H/t12-;;/m0../s1. The van der Waals surface area contributed by atoms with Crippen LogP contribution in [-0.2, 0) is 0 Å². The first-order chi connectivity index (χ1) is 8.22. The van der Waals surface area contributed by atoms with Crippen LogP contribution in [0.2, 0.25) is 0 Å². The van der Waals surface area contributed by atoms with E-state index in [9.17, 15) is 5.11 Å². The van der Waals surface area contributed by atoms with Crippen molar-refractivity contribution in [1.82, 2.24) is 10.2 Å². The van der Waals surface area contributed by atoms with Crippen LogP contribution in [0.5, 0.6) is 5.75 Å². The summed E-state index contributed by atoms with van der Waals surface area (Å²) in [6.45, 7) is 6.33. The summed E-state index contributed by atoms with van der Waals surface area (Å²) in [7, 11) is 0. The Morgan fingerprint density at radius 1 is 1.32 bits per heavy atom. The van der Waals surface area contributed by atoms with Crippen molar-refractivity contribution < 1.29 is 5.11 Å². The number of halogens is 3. The highest BCUT2D eigenvalue weighted by molar-refractivity contribution is 9.10. The summed E-state index contributed by atoms with van der Waals surface area (Å²) in [4.78, 5) is 2.44. The molecule has 1 aromatic rings. The minimum absolute atomic E-state index is 0. The predicted octanol–water partition coefficient (Wildman–Crippen LogP) is 3.35. The second kappa shape index (κ2) is 9.03. The number of benzene rings is 1. The first-order valence-corrected chi connectivity index (χ1v) is 6.95. The van der Waals surface area contributed by atoms with E-state index in [1.54, 1.807) is 6.07 Å². The first kappa shape index (κ1) is 19.0. The number of phenols is 1. The van der Waals surface area contributed by atoms with Crippen molar-refractivity contribution in [3.63, 3.8) is 0 Å². The van der Waals surface area contributed by atoms with Gasteiger partial charge in [-0.3, -0.25) is 4.90 Å². The van der Waals surface area contributed by atoms with Crippen LogP contribution in [0.4, 0.5) is 0 Å². The van der Waals surface area contributed by atoms with Gasteiger partial charge >= 0.3 is 0 Å². The molecule has 1 heterocycles. The van der Waals surface area contributed by atoms with E-state index in [0.717, 1.165) is 42.6 Å². The van der Waals surface area contributed by atoms with E-state index < -0.39 is 0 Å². The molecule has 19 heavy (non-hydrogen) atoms. The molecule has 0 aromatic heterocycles. The van der Waals surface area contributed by atoms with Gasteiger partial charge in [-0.15, -0.1) is 24.8 Å². The molecule has 2 N–H and O–H groups in total. The lowest BCUT2D eigenvalue weighted by molar-refractivity contribution is 0.167. The fourth-order valence-electron chi connectivity index (χ4n) is 2.46. The van der Waals surface area contributed by atoms with Crippen molar-refractivity contribution in [2.45, 2.75) is 19.4 Å². The zero-order valence-electron chi connectivity index (χ0n) is 10.9. The van der Waals surface area contributed by atoms with Gasteiger partial charge in [-0.1, -0.05) is 22.9 Å². The SMILES string of the molecule is CC[C@@H](c1cc(Br)ccc1O)N1CCNCC1.Cl.Cl. The van der Waals surface area contributed by atoms with E-state index in [0.29, 0.717) is 11.8 Å². The molecule has 3 nitrogen and oxygen atoms in total. The molecule has 0 amide bonds.